The van der Waals surface area contributed by atoms with Crippen LogP contribution >= 0.6 is 11.8 Å². The molecule has 0 spiro atoms. The Bertz CT molecular complexity index is 812. The first-order valence-corrected chi connectivity index (χ1v) is 7.84. The highest BCUT2D eigenvalue weighted by Crippen LogP contribution is 2.18. The van der Waals surface area contributed by atoms with Crippen molar-refractivity contribution in [3.8, 4) is 0 Å². The molecule has 1 amide bonds. The first kappa shape index (κ1) is 15.2. The molecule has 0 fully saturated rings. The van der Waals surface area contributed by atoms with Crippen molar-refractivity contribution in [2.24, 2.45) is 5.10 Å². The molecule has 2 N–H and O–H groups in total. The van der Waals surface area contributed by atoms with Gasteiger partial charge >= 0.3 is 0 Å². The van der Waals surface area contributed by atoms with E-state index < -0.39 is 0 Å². The molecule has 0 saturated heterocycles. The third-order valence-electron chi connectivity index (χ3n) is 2.98. The second kappa shape index (κ2) is 7.06. The summed E-state index contributed by atoms with van der Waals surface area (Å²) in [6, 6.07) is 13.5. The van der Waals surface area contributed by atoms with Crippen LogP contribution in [0.25, 0.3) is 11.0 Å². The van der Waals surface area contributed by atoms with E-state index in [1.807, 2.05) is 24.3 Å². The second-order valence-corrected chi connectivity index (χ2v) is 5.66. The van der Waals surface area contributed by atoms with Crippen molar-refractivity contribution in [1.29, 1.82) is 0 Å². The van der Waals surface area contributed by atoms with Crippen molar-refractivity contribution in [2.75, 3.05) is 5.75 Å². The summed E-state index contributed by atoms with van der Waals surface area (Å²) in [6.07, 6.45) is 1.46. The number of rotatable bonds is 5. The first-order chi connectivity index (χ1) is 11.2. The van der Waals surface area contributed by atoms with Gasteiger partial charge in [0, 0.05) is 0 Å². The van der Waals surface area contributed by atoms with Gasteiger partial charge in [0.25, 0.3) is 5.91 Å². The van der Waals surface area contributed by atoms with Gasteiger partial charge in [0.1, 0.15) is 5.82 Å². The van der Waals surface area contributed by atoms with Gasteiger partial charge in [0.2, 0.25) is 0 Å². The molecule has 1 aromatic heterocycles. The van der Waals surface area contributed by atoms with Crippen molar-refractivity contribution in [1.82, 2.24) is 15.4 Å². The number of hydrazone groups is 1. The number of H-pyrrole nitrogens is 1. The highest BCUT2D eigenvalue weighted by Gasteiger charge is 2.06. The van der Waals surface area contributed by atoms with E-state index >= 15 is 0 Å². The number of para-hydroxylation sites is 2. The summed E-state index contributed by atoms with van der Waals surface area (Å²) in [6.45, 7) is 0. The van der Waals surface area contributed by atoms with E-state index in [1.54, 1.807) is 12.1 Å². The third-order valence-corrected chi connectivity index (χ3v) is 3.85. The molecule has 0 bridgehead atoms. The van der Waals surface area contributed by atoms with Crippen LogP contribution in [0.15, 0.2) is 58.8 Å². The van der Waals surface area contributed by atoms with E-state index in [0.717, 1.165) is 11.0 Å². The molecule has 0 atom stereocenters. The van der Waals surface area contributed by atoms with E-state index in [4.69, 9.17) is 0 Å². The van der Waals surface area contributed by atoms with Crippen LogP contribution in [-0.4, -0.2) is 27.8 Å². The van der Waals surface area contributed by atoms with E-state index in [2.05, 4.69) is 20.5 Å². The van der Waals surface area contributed by atoms with Gasteiger partial charge in [-0.3, -0.25) is 4.79 Å². The molecule has 7 heteroatoms. The second-order valence-electron chi connectivity index (χ2n) is 4.69. The maximum atomic E-state index is 12.7. The van der Waals surface area contributed by atoms with Crippen molar-refractivity contribution in [3.05, 3.63) is 59.9 Å². The highest BCUT2D eigenvalue weighted by atomic mass is 32.2. The Kier molecular flexibility index (Phi) is 4.68. The van der Waals surface area contributed by atoms with E-state index in [1.165, 1.54) is 30.1 Å². The van der Waals surface area contributed by atoms with Gasteiger partial charge in [-0.25, -0.2) is 14.8 Å². The number of nitrogens with one attached hydrogen (secondary N) is 2. The predicted molar refractivity (Wildman–Crippen MR) is 89.0 cm³/mol. The maximum absolute atomic E-state index is 12.7. The van der Waals surface area contributed by atoms with Crippen LogP contribution in [0, 0.1) is 5.82 Å². The molecule has 3 aromatic rings. The summed E-state index contributed by atoms with van der Waals surface area (Å²) in [5.74, 6) is -0.358. The van der Waals surface area contributed by atoms with Crippen LogP contribution < -0.4 is 5.43 Å². The van der Waals surface area contributed by atoms with Crippen molar-refractivity contribution >= 4 is 34.9 Å². The van der Waals surface area contributed by atoms with Crippen LogP contribution in [0.5, 0.6) is 0 Å². The standard InChI is InChI=1S/C16H13FN4OS/c17-12-7-5-11(6-8-12)9-18-21-15(22)10-23-16-19-13-3-1-2-4-14(13)20-16/h1-9H,10H2,(H,19,20)(H,21,22)/b18-9+. The first-order valence-electron chi connectivity index (χ1n) is 6.86. The lowest BCUT2D eigenvalue weighted by molar-refractivity contribution is -0.118. The highest BCUT2D eigenvalue weighted by molar-refractivity contribution is 7.99. The lowest BCUT2D eigenvalue weighted by Gasteiger charge is -1.98. The van der Waals surface area contributed by atoms with Gasteiger partial charge in [-0.15, -0.1) is 0 Å². The largest absolute Gasteiger partial charge is 0.333 e. The van der Waals surface area contributed by atoms with Gasteiger partial charge in [-0.05, 0) is 29.8 Å². The summed E-state index contributed by atoms with van der Waals surface area (Å²) in [7, 11) is 0. The molecule has 23 heavy (non-hydrogen) atoms. The summed E-state index contributed by atoms with van der Waals surface area (Å²) < 4.78 is 12.7. The van der Waals surface area contributed by atoms with Gasteiger partial charge in [-0.1, -0.05) is 36.0 Å². The predicted octanol–water partition coefficient (Wildman–Crippen LogP) is 2.94. The number of benzene rings is 2. The minimum absolute atomic E-state index is 0.195. The molecule has 0 aliphatic rings. The van der Waals surface area contributed by atoms with E-state index in [9.17, 15) is 9.18 Å². The Balaban J connectivity index is 1.50. The zero-order valence-electron chi connectivity index (χ0n) is 12.0. The zero-order valence-corrected chi connectivity index (χ0v) is 12.8. The molecule has 5 nitrogen and oxygen atoms in total. The average Bonchev–Trinajstić information content (AvgIpc) is 2.98. The Morgan fingerprint density at radius 2 is 2.04 bits per heavy atom. The Morgan fingerprint density at radius 3 is 2.83 bits per heavy atom. The number of thioether (sulfide) groups is 1. The molecule has 1 heterocycles. The van der Waals surface area contributed by atoms with Crippen molar-refractivity contribution in [3.63, 3.8) is 0 Å². The fourth-order valence-corrected chi connectivity index (χ4v) is 2.57. The number of carbonyl (C=O) groups excluding carboxylic acids is 1. The number of hydrogen-bond donors (Lipinski definition) is 2. The number of imidazole rings is 1. The van der Waals surface area contributed by atoms with Gasteiger partial charge in [0.05, 0.1) is 23.0 Å². The van der Waals surface area contributed by atoms with Gasteiger partial charge in [-0.2, -0.15) is 5.10 Å². The Labute approximate surface area is 136 Å². The normalized spacial score (nSPS) is 11.2. The van der Waals surface area contributed by atoms with Crippen LogP contribution in [0.2, 0.25) is 0 Å². The number of fused-ring (bicyclic) bond motifs is 1. The van der Waals surface area contributed by atoms with Crippen molar-refractivity contribution in [2.45, 2.75) is 5.16 Å². The van der Waals surface area contributed by atoms with Gasteiger partial charge < -0.3 is 4.98 Å². The van der Waals surface area contributed by atoms with Crippen LogP contribution in [0.3, 0.4) is 0 Å². The number of halogens is 1. The molecule has 0 unspecified atom stereocenters. The number of carbonyl (C=O) groups is 1. The molecule has 0 aliphatic heterocycles. The van der Waals surface area contributed by atoms with Crippen molar-refractivity contribution < 1.29 is 9.18 Å². The maximum Gasteiger partial charge on any atom is 0.250 e. The SMILES string of the molecule is O=C(CSc1nc2ccccc2[nH]1)N/N=C/c1ccc(F)cc1. The topological polar surface area (TPSA) is 70.1 Å². The quantitative estimate of drug-likeness (QED) is 0.430. The van der Waals surface area contributed by atoms with E-state index in [0.29, 0.717) is 10.7 Å². The molecular formula is C16H13FN4OS. The minimum Gasteiger partial charge on any atom is -0.333 e. The van der Waals surface area contributed by atoms with E-state index in [-0.39, 0.29) is 17.5 Å². The summed E-state index contributed by atoms with van der Waals surface area (Å²) in [5.41, 5.74) is 4.93. The molecule has 0 aliphatic carbocycles. The number of aromatic nitrogens is 2. The Hall–Kier alpha value is -2.67. The number of hydrogen-bond acceptors (Lipinski definition) is 4. The Morgan fingerprint density at radius 1 is 1.26 bits per heavy atom. The molecule has 116 valence electrons. The molecule has 3 rings (SSSR count). The number of nitrogens with zero attached hydrogens (tertiary/aromatic N) is 2. The summed E-state index contributed by atoms with van der Waals surface area (Å²) in [4.78, 5) is 19.2. The zero-order chi connectivity index (χ0) is 16.1. The van der Waals surface area contributed by atoms with Crippen LogP contribution in [-0.2, 0) is 4.79 Å². The van der Waals surface area contributed by atoms with Crippen LogP contribution in [0.1, 0.15) is 5.56 Å². The molecular weight excluding hydrogens is 315 g/mol. The van der Waals surface area contributed by atoms with Gasteiger partial charge in [0.15, 0.2) is 5.16 Å². The smallest absolute Gasteiger partial charge is 0.250 e. The molecule has 0 saturated carbocycles. The lowest BCUT2D eigenvalue weighted by Crippen LogP contribution is -2.19. The fraction of sp³-hybridized carbons (Fsp3) is 0.0625. The monoisotopic (exact) mass is 328 g/mol. The number of amides is 1. The lowest BCUT2D eigenvalue weighted by atomic mass is 10.2. The molecule has 2 aromatic carbocycles. The number of aromatic amines is 1. The summed E-state index contributed by atoms with van der Waals surface area (Å²) >= 11 is 1.30. The summed E-state index contributed by atoms with van der Waals surface area (Å²) in [5, 5.41) is 4.52. The average molecular weight is 328 g/mol. The third kappa shape index (κ3) is 4.17. The molecule has 0 radical (unpaired) electrons. The van der Waals surface area contributed by atoms with Crippen LogP contribution in [0.4, 0.5) is 4.39 Å². The fourth-order valence-electron chi connectivity index (χ4n) is 1.89. The minimum atomic E-state index is -0.312.